The van der Waals surface area contributed by atoms with Crippen molar-refractivity contribution in [2.45, 2.75) is 59.9 Å². The predicted octanol–water partition coefficient (Wildman–Crippen LogP) is 6.62. The lowest BCUT2D eigenvalue weighted by Crippen LogP contribution is -2.29. The fourth-order valence-electron chi connectivity index (χ4n) is 4.71. The number of nitrogens with zero attached hydrogens (tertiary/aromatic N) is 2. The number of hydrogen-bond acceptors (Lipinski definition) is 10. The third kappa shape index (κ3) is 6.88. The van der Waals surface area contributed by atoms with Gasteiger partial charge in [0.15, 0.2) is 16.6 Å². The number of rotatable bonds is 14. The van der Waals surface area contributed by atoms with Crippen LogP contribution >= 0.6 is 11.3 Å². The molecule has 11 heteroatoms. The molecule has 1 saturated heterocycles. The Kier molecular flexibility index (Phi) is 11.0. The number of hydrogen-bond donors (Lipinski definition) is 1. The summed E-state index contributed by atoms with van der Waals surface area (Å²) in [6.07, 6.45) is 2.70. The van der Waals surface area contributed by atoms with Gasteiger partial charge in [0.1, 0.15) is 16.4 Å². The van der Waals surface area contributed by atoms with Gasteiger partial charge in [0.2, 0.25) is 0 Å². The molecule has 1 atom stereocenters. The summed E-state index contributed by atoms with van der Waals surface area (Å²) in [6, 6.07) is 10.8. The summed E-state index contributed by atoms with van der Waals surface area (Å²) in [4.78, 5) is 45.9. The van der Waals surface area contributed by atoms with Crippen LogP contribution in [-0.4, -0.2) is 54.2 Å². The van der Waals surface area contributed by atoms with Crippen LogP contribution in [0.2, 0.25) is 0 Å². The van der Waals surface area contributed by atoms with E-state index in [1.165, 1.54) is 4.90 Å². The average molecular weight is 623 g/mol. The lowest BCUT2D eigenvalue weighted by molar-refractivity contribution is -0.132. The maximum atomic E-state index is 13.7. The summed E-state index contributed by atoms with van der Waals surface area (Å²) in [5.41, 5.74) is 1.07. The SMILES string of the molecule is CCCCOc1ccc(C(O)=C2C(=O)C(=O)N(c3nc(C)c(C(=O)OCC)s3)C2c2ccc(OCCC)c(OCC)c2)cc1. The van der Waals surface area contributed by atoms with E-state index in [0.29, 0.717) is 53.9 Å². The highest BCUT2D eigenvalue weighted by atomic mass is 32.1. The molecule has 0 saturated carbocycles. The van der Waals surface area contributed by atoms with Crippen LogP contribution in [0.25, 0.3) is 5.76 Å². The maximum absolute atomic E-state index is 13.7. The van der Waals surface area contributed by atoms with Crippen molar-refractivity contribution in [3.63, 3.8) is 0 Å². The number of aromatic nitrogens is 1. The third-order valence-electron chi connectivity index (χ3n) is 6.84. The number of ether oxygens (including phenoxy) is 4. The van der Waals surface area contributed by atoms with Gasteiger partial charge in [-0.3, -0.25) is 14.5 Å². The van der Waals surface area contributed by atoms with Crippen molar-refractivity contribution >= 4 is 39.9 Å². The Morgan fingerprint density at radius 2 is 1.68 bits per heavy atom. The minimum Gasteiger partial charge on any atom is -0.507 e. The minimum absolute atomic E-state index is 0.120. The number of anilines is 1. The highest BCUT2D eigenvalue weighted by Gasteiger charge is 2.48. The summed E-state index contributed by atoms with van der Waals surface area (Å²) >= 11 is 0.949. The molecule has 2 aromatic carbocycles. The molecule has 44 heavy (non-hydrogen) atoms. The van der Waals surface area contributed by atoms with E-state index in [0.717, 1.165) is 30.6 Å². The molecule has 1 unspecified atom stereocenters. The number of carbonyl (C=O) groups excluding carboxylic acids is 3. The van der Waals surface area contributed by atoms with Gasteiger partial charge in [0.25, 0.3) is 5.78 Å². The van der Waals surface area contributed by atoms with Gasteiger partial charge < -0.3 is 24.1 Å². The van der Waals surface area contributed by atoms with Crippen LogP contribution in [0, 0.1) is 6.92 Å². The van der Waals surface area contributed by atoms with Crippen molar-refractivity contribution in [2.75, 3.05) is 31.3 Å². The third-order valence-corrected chi connectivity index (χ3v) is 7.97. The van der Waals surface area contributed by atoms with Gasteiger partial charge in [0, 0.05) is 5.56 Å². The van der Waals surface area contributed by atoms with Crippen LogP contribution in [0.4, 0.5) is 5.13 Å². The smallest absolute Gasteiger partial charge is 0.350 e. The van der Waals surface area contributed by atoms with Crippen LogP contribution in [0.5, 0.6) is 17.2 Å². The number of ketones is 1. The number of benzene rings is 2. The Bertz CT molecular complexity index is 1530. The first-order chi connectivity index (χ1) is 21.2. The molecule has 0 radical (unpaired) electrons. The molecule has 1 amide bonds. The monoisotopic (exact) mass is 622 g/mol. The normalized spacial score (nSPS) is 15.8. The van der Waals surface area contributed by atoms with Crippen molar-refractivity contribution in [1.29, 1.82) is 0 Å². The number of aliphatic hydroxyl groups excluding tert-OH is 1. The van der Waals surface area contributed by atoms with Crippen LogP contribution in [0.15, 0.2) is 48.0 Å². The second-order valence-corrected chi connectivity index (χ2v) is 11.0. The van der Waals surface area contributed by atoms with Gasteiger partial charge in [-0.05, 0) is 75.6 Å². The van der Waals surface area contributed by atoms with Gasteiger partial charge in [-0.2, -0.15) is 0 Å². The summed E-state index contributed by atoms with van der Waals surface area (Å²) in [6.45, 7) is 10.8. The van der Waals surface area contributed by atoms with Crippen LogP contribution < -0.4 is 19.1 Å². The number of aliphatic hydroxyl groups is 1. The Morgan fingerprint density at radius 1 is 0.932 bits per heavy atom. The number of unbranched alkanes of at least 4 members (excludes halogenated alkanes) is 1. The molecule has 3 aromatic rings. The molecule has 234 valence electrons. The average Bonchev–Trinajstić information content (AvgIpc) is 3.53. The molecule has 0 bridgehead atoms. The predicted molar refractivity (Wildman–Crippen MR) is 168 cm³/mol. The Morgan fingerprint density at radius 3 is 2.34 bits per heavy atom. The van der Waals surface area contributed by atoms with Gasteiger partial charge in [0.05, 0.1) is 43.7 Å². The Balaban J connectivity index is 1.86. The fourth-order valence-corrected chi connectivity index (χ4v) is 5.70. The van der Waals surface area contributed by atoms with E-state index in [9.17, 15) is 19.5 Å². The summed E-state index contributed by atoms with van der Waals surface area (Å²) < 4.78 is 22.6. The van der Waals surface area contributed by atoms with Crippen molar-refractivity contribution in [2.24, 2.45) is 0 Å². The standard InChI is InChI=1S/C33H38N2O8S/c1-6-10-18-42-23-14-11-21(12-15-23)28(36)26-27(22-13-16-24(43-17-7-2)25(19-22)40-8-3)35(31(38)29(26)37)33-34-20(5)30(44-33)32(39)41-9-4/h11-16,19,27,36H,6-10,17-18H2,1-5H3. The highest BCUT2D eigenvalue weighted by Crippen LogP contribution is 2.45. The molecule has 1 aliphatic heterocycles. The van der Waals surface area contributed by atoms with E-state index in [1.54, 1.807) is 56.3 Å². The van der Waals surface area contributed by atoms with E-state index >= 15 is 0 Å². The molecule has 1 aliphatic rings. The fraction of sp³-hybridized carbons (Fsp3) is 0.394. The zero-order valence-electron chi connectivity index (χ0n) is 25.7. The largest absolute Gasteiger partial charge is 0.507 e. The quantitative estimate of drug-likeness (QED) is 0.0694. The number of amides is 1. The second kappa shape index (κ2) is 14.9. The van der Waals surface area contributed by atoms with Gasteiger partial charge in [-0.15, -0.1) is 0 Å². The molecule has 1 fully saturated rings. The zero-order chi connectivity index (χ0) is 31.8. The highest BCUT2D eigenvalue weighted by molar-refractivity contribution is 7.17. The van der Waals surface area contributed by atoms with Gasteiger partial charge >= 0.3 is 11.9 Å². The zero-order valence-corrected chi connectivity index (χ0v) is 26.5. The van der Waals surface area contributed by atoms with Crippen LogP contribution in [-0.2, 0) is 14.3 Å². The molecule has 0 spiro atoms. The number of Topliss-reactive ketones (excluding diaryl/α,β-unsaturated/α-hetero) is 1. The van der Waals surface area contributed by atoms with Crippen LogP contribution in [0.1, 0.15) is 79.5 Å². The molecule has 2 heterocycles. The topological polar surface area (TPSA) is 124 Å². The van der Waals surface area contributed by atoms with E-state index in [-0.39, 0.29) is 27.9 Å². The van der Waals surface area contributed by atoms with Crippen molar-refractivity contribution in [1.82, 2.24) is 4.98 Å². The first kappa shape index (κ1) is 32.5. The van der Waals surface area contributed by atoms with E-state index in [2.05, 4.69) is 11.9 Å². The number of thiazole rings is 1. The second-order valence-electron chi connectivity index (χ2n) is 10.0. The molecule has 0 aliphatic carbocycles. The Labute approximate surface area is 261 Å². The van der Waals surface area contributed by atoms with Crippen molar-refractivity contribution in [3.8, 4) is 17.2 Å². The Hall–Kier alpha value is -4.38. The van der Waals surface area contributed by atoms with Crippen molar-refractivity contribution in [3.05, 3.63) is 69.7 Å². The van der Waals surface area contributed by atoms with E-state index in [4.69, 9.17) is 18.9 Å². The van der Waals surface area contributed by atoms with Gasteiger partial charge in [-0.25, -0.2) is 9.78 Å². The molecular weight excluding hydrogens is 584 g/mol. The first-order valence-electron chi connectivity index (χ1n) is 14.8. The first-order valence-corrected chi connectivity index (χ1v) is 15.6. The summed E-state index contributed by atoms with van der Waals surface area (Å²) in [5, 5.41) is 11.7. The number of aryl methyl sites for hydroxylation is 1. The van der Waals surface area contributed by atoms with Crippen molar-refractivity contribution < 1.29 is 38.4 Å². The number of esters is 1. The van der Waals surface area contributed by atoms with Gasteiger partial charge in [-0.1, -0.05) is 37.7 Å². The molecular formula is C33H38N2O8S. The van der Waals surface area contributed by atoms with Crippen LogP contribution in [0.3, 0.4) is 0 Å². The molecule has 10 nitrogen and oxygen atoms in total. The minimum atomic E-state index is -1.07. The lowest BCUT2D eigenvalue weighted by Gasteiger charge is -2.24. The lowest BCUT2D eigenvalue weighted by atomic mass is 9.95. The maximum Gasteiger partial charge on any atom is 0.350 e. The van der Waals surface area contributed by atoms with E-state index in [1.807, 2.05) is 13.8 Å². The number of carbonyl (C=O) groups is 3. The van der Waals surface area contributed by atoms with E-state index < -0.39 is 23.7 Å². The molecule has 1 N–H and O–H groups in total. The molecule has 4 rings (SSSR count). The molecule has 1 aromatic heterocycles. The summed E-state index contributed by atoms with van der Waals surface area (Å²) in [7, 11) is 0. The summed E-state index contributed by atoms with van der Waals surface area (Å²) in [5.74, 6) is -1.11.